The van der Waals surface area contributed by atoms with Crippen LogP contribution in [-0.4, -0.2) is 35.4 Å². The van der Waals surface area contributed by atoms with E-state index in [0.717, 1.165) is 6.42 Å². The molecule has 1 aromatic rings. The summed E-state index contributed by atoms with van der Waals surface area (Å²) in [5.41, 5.74) is -0.754. The first kappa shape index (κ1) is 15.7. The van der Waals surface area contributed by atoms with Crippen LogP contribution in [0.5, 0.6) is 0 Å². The lowest BCUT2D eigenvalue weighted by atomic mass is 9.88. The highest BCUT2D eigenvalue weighted by atomic mass is 16.5. The summed E-state index contributed by atoms with van der Waals surface area (Å²) in [7, 11) is 1.53. The van der Waals surface area contributed by atoms with Crippen molar-refractivity contribution in [3.8, 4) is 0 Å². The zero-order valence-electron chi connectivity index (χ0n) is 11.9. The van der Waals surface area contributed by atoms with Crippen molar-refractivity contribution in [3.05, 3.63) is 17.5 Å². The van der Waals surface area contributed by atoms with Crippen molar-refractivity contribution < 1.29 is 19.2 Å². The van der Waals surface area contributed by atoms with Crippen molar-refractivity contribution in [3.63, 3.8) is 0 Å². The van der Waals surface area contributed by atoms with E-state index in [1.165, 1.54) is 13.2 Å². The van der Waals surface area contributed by atoms with E-state index in [1.807, 2.05) is 13.8 Å². The molecule has 0 spiro atoms. The van der Waals surface area contributed by atoms with Gasteiger partial charge in [0.05, 0.1) is 5.60 Å². The number of hydrogen-bond donors (Lipinski definition) is 2. The largest absolute Gasteiger partial charge is 0.388 e. The zero-order valence-corrected chi connectivity index (χ0v) is 11.9. The Bertz CT molecular complexity index is 415. The van der Waals surface area contributed by atoms with Crippen molar-refractivity contribution in [2.45, 2.75) is 39.4 Å². The van der Waals surface area contributed by atoms with Crippen LogP contribution in [0.15, 0.2) is 10.6 Å². The van der Waals surface area contributed by atoms with Crippen LogP contribution in [0, 0.1) is 5.92 Å². The lowest BCUT2D eigenvalue weighted by Crippen LogP contribution is -2.45. The van der Waals surface area contributed by atoms with Crippen LogP contribution in [0.4, 0.5) is 0 Å². The maximum absolute atomic E-state index is 11.8. The second-order valence-corrected chi connectivity index (χ2v) is 4.96. The topological polar surface area (TPSA) is 84.6 Å². The first-order chi connectivity index (χ1) is 8.90. The first-order valence-corrected chi connectivity index (χ1v) is 6.35. The molecule has 0 aromatic carbocycles. The number of ether oxygens (including phenoxy) is 1. The third-order valence-electron chi connectivity index (χ3n) is 3.36. The Kier molecular flexibility index (Phi) is 5.50. The SMILES string of the molecule is CCC(C)C(C)(O)CNC(=O)c1cc(COC)on1. The molecule has 1 heterocycles. The molecule has 0 saturated heterocycles. The van der Waals surface area contributed by atoms with Gasteiger partial charge in [0, 0.05) is 19.7 Å². The van der Waals surface area contributed by atoms with E-state index in [-0.39, 0.29) is 30.7 Å². The van der Waals surface area contributed by atoms with Gasteiger partial charge in [-0.3, -0.25) is 4.79 Å². The van der Waals surface area contributed by atoms with E-state index >= 15 is 0 Å². The Morgan fingerprint density at radius 2 is 2.37 bits per heavy atom. The molecule has 2 unspecified atom stereocenters. The fourth-order valence-corrected chi connectivity index (χ4v) is 1.59. The van der Waals surface area contributed by atoms with Crippen molar-refractivity contribution in [1.82, 2.24) is 10.5 Å². The maximum Gasteiger partial charge on any atom is 0.273 e. The third-order valence-corrected chi connectivity index (χ3v) is 3.36. The van der Waals surface area contributed by atoms with Gasteiger partial charge in [0.2, 0.25) is 0 Å². The molecule has 2 atom stereocenters. The predicted octanol–water partition coefficient (Wildman–Crippen LogP) is 1.35. The molecule has 0 aliphatic carbocycles. The number of nitrogens with one attached hydrogen (secondary N) is 1. The number of aromatic nitrogens is 1. The zero-order chi connectivity index (χ0) is 14.5. The van der Waals surface area contributed by atoms with Gasteiger partial charge in [0.15, 0.2) is 11.5 Å². The lowest BCUT2D eigenvalue weighted by molar-refractivity contribution is 0.00584. The average molecular weight is 270 g/mol. The second kappa shape index (κ2) is 6.68. The molecular formula is C13H22N2O4. The van der Waals surface area contributed by atoms with Gasteiger partial charge in [0.25, 0.3) is 5.91 Å². The average Bonchev–Trinajstić information content (AvgIpc) is 2.84. The molecule has 0 bridgehead atoms. The minimum absolute atomic E-state index is 0.0918. The Balaban J connectivity index is 2.55. The van der Waals surface area contributed by atoms with E-state index in [4.69, 9.17) is 9.26 Å². The Morgan fingerprint density at radius 3 is 2.95 bits per heavy atom. The summed E-state index contributed by atoms with van der Waals surface area (Å²) >= 11 is 0. The molecule has 1 aromatic heterocycles. The third kappa shape index (κ3) is 4.33. The lowest BCUT2D eigenvalue weighted by Gasteiger charge is -2.29. The Hall–Kier alpha value is -1.40. The van der Waals surface area contributed by atoms with Gasteiger partial charge in [-0.2, -0.15) is 0 Å². The number of carbonyl (C=O) groups excluding carboxylic acids is 1. The summed E-state index contributed by atoms with van der Waals surface area (Å²) < 4.78 is 9.80. The molecule has 6 heteroatoms. The molecule has 108 valence electrons. The molecular weight excluding hydrogens is 248 g/mol. The Labute approximate surface area is 113 Å². The van der Waals surface area contributed by atoms with Crippen molar-refractivity contribution in [2.24, 2.45) is 5.92 Å². The van der Waals surface area contributed by atoms with Gasteiger partial charge in [0.1, 0.15) is 6.61 Å². The van der Waals surface area contributed by atoms with Crippen LogP contribution >= 0.6 is 0 Å². The fraction of sp³-hybridized carbons (Fsp3) is 0.692. The molecule has 0 radical (unpaired) electrons. The predicted molar refractivity (Wildman–Crippen MR) is 69.6 cm³/mol. The number of nitrogens with zero attached hydrogens (tertiary/aromatic N) is 1. The van der Waals surface area contributed by atoms with Gasteiger partial charge in [-0.25, -0.2) is 0 Å². The number of methoxy groups -OCH3 is 1. The standard InChI is InChI=1S/C13H22N2O4/c1-5-9(2)13(3,17)8-14-12(16)11-6-10(7-18-4)19-15-11/h6,9,17H,5,7-8H2,1-4H3,(H,14,16). The quantitative estimate of drug-likeness (QED) is 0.781. The highest BCUT2D eigenvalue weighted by Gasteiger charge is 2.28. The number of hydrogen-bond acceptors (Lipinski definition) is 5. The molecule has 0 fully saturated rings. The second-order valence-electron chi connectivity index (χ2n) is 4.96. The summed E-state index contributed by atoms with van der Waals surface area (Å²) in [6, 6.07) is 1.52. The number of amides is 1. The molecule has 1 rings (SSSR count). The van der Waals surface area contributed by atoms with Gasteiger partial charge >= 0.3 is 0 Å². The minimum atomic E-state index is -0.941. The summed E-state index contributed by atoms with van der Waals surface area (Å²) in [5, 5.41) is 16.5. The van der Waals surface area contributed by atoms with Gasteiger partial charge < -0.3 is 19.7 Å². The van der Waals surface area contributed by atoms with E-state index < -0.39 is 5.60 Å². The fourth-order valence-electron chi connectivity index (χ4n) is 1.59. The van der Waals surface area contributed by atoms with E-state index in [2.05, 4.69) is 10.5 Å². The Morgan fingerprint density at radius 1 is 1.68 bits per heavy atom. The highest BCUT2D eigenvalue weighted by molar-refractivity contribution is 5.92. The van der Waals surface area contributed by atoms with Crippen LogP contribution < -0.4 is 5.32 Å². The number of aliphatic hydroxyl groups is 1. The summed E-state index contributed by atoms with van der Waals surface area (Å²) in [6.07, 6.45) is 0.838. The van der Waals surface area contributed by atoms with Crippen LogP contribution in [0.3, 0.4) is 0 Å². The van der Waals surface area contributed by atoms with Crippen LogP contribution in [-0.2, 0) is 11.3 Å². The highest BCUT2D eigenvalue weighted by Crippen LogP contribution is 2.19. The molecule has 2 N–H and O–H groups in total. The maximum atomic E-state index is 11.8. The smallest absolute Gasteiger partial charge is 0.273 e. The van der Waals surface area contributed by atoms with Crippen LogP contribution in [0.2, 0.25) is 0 Å². The first-order valence-electron chi connectivity index (χ1n) is 6.35. The minimum Gasteiger partial charge on any atom is -0.388 e. The van der Waals surface area contributed by atoms with Crippen LogP contribution in [0.1, 0.15) is 43.4 Å². The van der Waals surface area contributed by atoms with Crippen molar-refractivity contribution in [2.75, 3.05) is 13.7 Å². The molecule has 0 aliphatic rings. The monoisotopic (exact) mass is 270 g/mol. The molecule has 19 heavy (non-hydrogen) atoms. The van der Waals surface area contributed by atoms with E-state index in [1.54, 1.807) is 6.92 Å². The number of carbonyl (C=O) groups is 1. The normalized spacial score (nSPS) is 15.8. The van der Waals surface area contributed by atoms with E-state index in [0.29, 0.717) is 5.76 Å². The van der Waals surface area contributed by atoms with Gasteiger partial charge in [-0.15, -0.1) is 0 Å². The molecule has 6 nitrogen and oxygen atoms in total. The molecule has 0 saturated carbocycles. The van der Waals surface area contributed by atoms with Crippen molar-refractivity contribution >= 4 is 5.91 Å². The van der Waals surface area contributed by atoms with Crippen LogP contribution in [0.25, 0.3) is 0 Å². The summed E-state index contributed by atoms with van der Waals surface area (Å²) in [6.45, 7) is 6.09. The number of rotatable bonds is 7. The van der Waals surface area contributed by atoms with Crippen molar-refractivity contribution in [1.29, 1.82) is 0 Å². The molecule has 1 amide bonds. The van der Waals surface area contributed by atoms with Gasteiger partial charge in [-0.1, -0.05) is 25.4 Å². The summed E-state index contributed by atoms with van der Waals surface area (Å²) in [4.78, 5) is 11.8. The van der Waals surface area contributed by atoms with E-state index in [9.17, 15) is 9.90 Å². The molecule has 0 aliphatic heterocycles. The summed E-state index contributed by atoms with van der Waals surface area (Å²) in [5.74, 6) is 0.213. The van der Waals surface area contributed by atoms with Gasteiger partial charge in [-0.05, 0) is 12.8 Å².